The van der Waals surface area contributed by atoms with Gasteiger partial charge in [0.1, 0.15) is 5.01 Å². The van der Waals surface area contributed by atoms with Crippen LogP contribution in [-0.4, -0.2) is 22.8 Å². The molecule has 20 heavy (non-hydrogen) atoms. The number of carbonyl (C=O) groups excluding carboxylic acids is 1. The first-order chi connectivity index (χ1) is 9.65. The summed E-state index contributed by atoms with van der Waals surface area (Å²) in [6.45, 7) is 2.52. The smallest absolute Gasteiger partial charge is 0.264 e. The third-order valence-electron chi connectivity index (χ3n) is 3.11. The van der Waals surface area contributed by atoms with Gasteiger partial charge in [0, 0.05) is 7.05 Å². The monoisotopic (exact) mass is 302 g/mol. The highest BCUT2D eigenvalue weighted by Crippen LogP contribution is 2.23. The van der Waals surface area contributed by atoms with Crippen LogP contribution in [0.3, 0.4) is 0 Å². The molecule has 0 aliphatic rings. The molecule has 1 aromatic carbocycles. The average Bonchev–Trinajstić information content (AvgIpc) is 3.03. The number of para-hydroxylation sites is 1. The largest absolute Gasteiger partial charge is 0.334 e. The lowest BCUT2D eigenvalue weighted by atomic mass is 10.3. The third-order valence-corrected chi connectivity index (χ3v) is 5.14. The summed E-state index contributed by atoms with van der Waals surface area (Å²) in [4.78, 5) is 19.5. The van der Waals surface area contributed by atoms with Crippen molar-refractivity contribution in [2.24, 2.45) is 0 Å². The Labute approximate surface area is 125 Å². The summed E-state index contributed by atoms with van der Waals surface area (Å²) < 4.78 is 1.16. The molecule has 3 aromatic rings. The zero-order valence-electron chi connectivity index (χ0n) is 11.3. The fraction of sp³-hybridized carbons (Fsp3) is 0.200. The molecule has 0 aliphatic carbocycles. The van der Waals surface area contributed by atoms with Crippen molar-refractivity contribution in [2.45, 2.75) is 13.5 Å². The Bertz CT molecular complexity index is 727. The van der Waals surface area contributed by atoms with Crippen LogP contribution in [0.5, 0.6) is 0 Å². The second-order valence-corrected chi connectivity index (χ2v) is 6.70. The normalized spacial score (nSPS) is 10.9. The molecule has 102 valence electrons. The zero-order chi connectivity index (χ0) is 14.1. The Morgan fingerprint density at radius 2 is 2.10 bits per heavy atom. The molecule has 0 fully saturated rings. The van der Waals surface area contributed by atoms with E-state index in [-0.39, 0.29) is 5.91 Å². The summed E-state index contributed by atoms with van der Waals surface area (Å²) in [5, 5.41) is 2.92. The van der Waals surface area contributed by atoms with Gasteiger partial charge in [-0.2, -0.15) is 0 Å². The van der Waals surface area contributed by atoms with E-state index >= 15 is 0 Å². The predicted molar refractivity (Wildman–Crippen MR) is 84.5 cm³/mol. The van der Waals surface area contributed by atoms with E-state index in [1.165, 1.54) is 11.3 Å². The maximum absolute atomic E-state index is 12.4. The molecule has 3 nitrogen and oxygen atoms in total. The number of aryl methyl sites for hydroxylation is 1. The lowest BCUT2D eigenvalue weighted by Gasteiger charge is -2.15. The summed E-state index contributed by atoms with van der Waals surface area (Å²) >= 11 is 3.14. The Balaban J connectivity index is 1.80. The van der Waals surface area contributed by atoms with Gasteiger partial charge in [0.2, 0.25) is 0 Å². The maximum Gasteiger partial charge on any atom is 0.264 e. The van der Waals surface area contributed by atoms with Gasteiger partial charge < -0.3 is 4.90 Å². The highest BCUT2D eigenvalue weighted by atomic mass is 32.1. The van der Waals surface area contributed by atoms with Crippen molar-refractivity contribution in [2.75, 3.05) is 7.05 Å². The average molecular weight is 302 g/mol. The van der Waals surface area contributed by atoms with Crippen LogP contribution >= 0.6 is 22.7 Å². The molecule has 1 amide bonds. The number of nitrogens with zero attached hydrogens (tertiary/aromatic N) is 2. The van der Waals surface area contributed by atoms with E-state index in [0.717, 1.165) is 25.7 Å². The Morgan fingerprint density at radius 1 is 1.30 bits per heavy atom. The molecule has 2 heterocycles. The minimum atomic E-state index is 0.0664. The number of aromatic nitrogens is 1. The van der Waals surface area contributed by atoms with Crippen LogP contribution in [0.1, 0.15) is 20.2 Å². The molecular formula is C15H14N2OS2. The van der Waals surface area contributed by atoms with Crippen LogP contribution in [0.4, 0.5) is 0 Å². The van der Waals surface area contributed by atoms with Crippen molar-refractivity contribution in [3.8, 4) is 0 Å². The van der Waals surface area contributed by atoms with Crippen LogP contribution < -0.4 is 0 Å². The number of hydrogen-bond donors (Lipinski definition) is 0. The molecule has 2 aromatic heterocycles. The van der Waals surface area contributed by atoms with Gasteiger partial charge in [-0.25, -0.2) is 4.98 Å². The van der Waals surface area contributed by atoms with Crippen molar-refractivity contribution < 1.29 is 4.79 Å². The first-order valence-electron chi connectivity index (χ1n) is 6.29. The summed E-state index contributed by atoms with van der Waals surface area (Å²) in [5.41, 5.74) is 2.04. The fourth-order valence-electron chi connectivity index (χ4n) is 2.03. The molecule has 0 aliphatic heterocycles. The van der Waals surface area contributed by atoms with Gasteiger partial charge in [-0.05, 0) is 36.1 Å². The van der Waals surface area contributed by atoms with Gasteiger partial charge in [0.05, 0.1) is 21.6 Å². The molecule has 0 spiro atoms. The van der Waals surface area contributed by atoms with Gasteiger partial charge in [-0.1, -0.05) is 12.1 Å². The van der Waals surface area contributed by atoms with E-state index in [2.05, 4.69) is 11.1 Å². The van der Waals surface area contributed by atoms with Gasteiger partial charge in [0.15, 0.2) is 0 Å². The molecule has 0 bridgehead atoms. The van der Waals surface area contributed by atoms with Crippen LogP contribution in [0.15, 0.2) is 35.7 Å². The molecule has 0 atom stereocenters. The SMILES string of the molecule is Cc1ccsc1C(=O)N(C)Cc1nc2ccccc2s1. The summed E-state index contributed by atoms with van der Waals surface area (Å²) in [6.07, 6.45) is 0. The van der Waals surface area contributed by atoms with Crippen molar-refractivity contribution in [3.05, 3.63) is 51.2 Å². The predicted octanol–water partition coefficient (Wildman–Crippen LogP) is 3.94. The van der Waals surface area contributed by atoms with Gasteiger partial charge >= 0.3 is 0 Å². The second kappa shape index (κ2) is 5.34. The number of hydrogen-bond acceptors (Lipinski definition) is 4. The fourth-order valence-corrected chi connectivity index (χ4v) is 3.97. The topological polar surface area (TPSA) is 33.2 Å². The van der Waals surface area contributed by atoms with E-state index < -0.39 is 0 Å². The van der Waals surface area contributed by atoms with Crippen LogP contribution in [0, 0.1) is 6.92 Å². The zero-order valence-corrected chi connectivity index (χ0v) is 12.9. The van der Waals surface area contributed by atoms with E-state index in [1.54, 1.807) is 16.2 Å². The maximum atomic E-state index is 12.4. The van der Waals surface area contributed by atoms with Gasteiger partial charge in [0.25, 0.3) is 5.91 Å². The Kier molecular flexibility index (Phi) is 3.54. The van der Waals surface area contributed by atoms with Crippen molar-refractivity contribution >= 4 is 38.8 Å². The second-order valence-electron chi connectivity index (χ2n) is 4.67. The van der Waals surface area contributed by atoms with Crippen LogP contribution in [-0.2, 0) is 6.54 Å². The van der Waals surface area contributed by atoms with Crippen molar-refractivity contribution in [1.82, 2.24) is 9.88 Å². The molecule has 0 radical (unpaired) electrons. The van der Waals surface area contributed by atoms with E-state index in [4.69, 9.17) is 0 Å². The minimum Gasteiger partial charge on any atom is -0.334 e. The Hall–Kier alpha value is -1.72. The minimum absolute atomic E-state index is 0.0664. The molecule has 3 rings (SSSR count). The molecule has 0 unspecified atom stereocenters. The third kappa shape index (κ3) is 2.46. The van der Waals surface area contributed by atoms with Crippen molar-refractivity contribution in [1.29, 1.82) is 0 Å². The summed E-state index contributed by atoms with van der Waals surface area (Å²) in [6, 6.07) is 10.0. The molecular weight excluding hydrogens is 288 g/mol. The number of carbonyl (C=O) groups is 1. The quantitative estimate of drug-likeness (QED) is 0.734. The molecule has 0 saturated carbocycles. The summed E-state index contributed by atoms with van der Waals surface area (Å²) in [5.74, 6) is 0.0664. The number of thiophene rings is 1. The first-order valence-corrected chi connectivity index (χ1v) is 7.99. The van der Waals surface area contributed by atoms with Crippen LogP contribution in [0.25, 0.3) is 10.2 Å². The number of amides is 1. The highest BCUT2D eigenvalue weighted by Gasteiger charge is 2.17. The summed E-state index contributed by atoms with van der Waals surface area (Å²) in [7, 11) is 1.83. The standard InChI is InChI=1S/C15H14N2OS2/c1-10-7-8-19-14(10)15(18)17(2)9-13-16-11-5-3-4-6-12(11)20-13/h3-8H,9H2,1-2H3. The highest BCUT2D eigenvalue weighted by molar-refractivity contribution is 7.18. The lowest BCUT2D eigenvalue weighted by molar-refractivity contribution is 0.0789. The van der Waals surface area contributed by atoms with E-state index in [1.807, 2.05) is 43.6 Å². The van der Waals surface area contributed by atoms with Gasteiger partial charge in [-0.15, -0.1) is 22.7 Å². The van der Waals surface area contributed by atoms with E-state index in [9.17, 15) is 4.79 Å². The van der Waals surface area contributed by atoms with Gasteiger partial charge in [-0.3, -0.25) is 4.79 Å². The molecule has 0 N–H and O–H groups in total. The number of fused-ring (bicyclic) bond motifs is 1. The van der Waals surface area contributed by atoms with E-state index in [0.29, 0.717) is 6.54 Å². The van der Waals surface area contributed by atoms with Crippen LogP contribution in [0.2, 0.25) is 0 Å². The number of thiazole rings is 1. The molecule has 0 saturated heterocycles. The number of rotatable bonds is 3. The lowest BCUT2D eigenvalue weighted by Crippen LogP contribution is -2.25. The molecule has 5 heteroatoms. The first kappa shape index (κ1) is 13.3. The Morgan fingerprint density at radius 3 is 2.80 bits per heavy atom. The number of benzene rings is 1. The van der Waals surface area contributed by atoms with Crippen molar-refractivity contribution in [3.63, 3.8) is 0 Å².